The number of benzene rings is 2. The first-order valence-corrected chi connectivity index (χ1v) is 9.39. The predicted octanol–water partition coefficient (Wildman–Crippen LogP) is 5.54. The summed E-state index contributed by atoms with van der Waals surface area (Å²) in [6.45, 7) is 5.66. The number of phosphoric acid groups is 1. The molecule has 0 aliphatic rings. The Hall–Kier alpha value is -2.52. The molecule has 0 aromatic heterocycles. The van der Waals surface area contributed by atoms with Crippen LogP contribution in [-0.2, 0) is 13.9 Å². The minimum Gasteiger partial charge on any atom is -0.386 e. The maximum absolute atomic E-state index is 13.0. The van der Waals surface area contributed by atoms with Crippen LogP contribution in [0, 0.1) is 0 Å². The zero-order valence-corrected chi connectivity index (χ0v) is 15.0. The molecule has 0 saturated heterocycles. The van der Waals surface area contributed by atoms with Crippen LogP contribution in [0.15, 0.2) is 72.8 Å². The Kier molecular flexibility index (Phi) is 6.84. The lowest BCUT2D eigenvalue weighted by Crippen LogP contribution is -2.10. The SMILES string of the molecule is C=C(C)CCCC(=O)OP(=O)(Oc1ccccc1)Oc1ccccc1. The highest BCUT2D eigenvalue weighted by atomic mass is 31.2. The molecule has 6 heteroatoms. The van der Waals surface area contributed by atoms with Gasteiger partial charge in [-0.3, -0.25) is 4.79 Å². The summed E-state index contributed by atoms with van der Waals surface area (Å²) in [5.74, 6) is -0.0653. The van der Waals surface area contributed by atoms with Crippen molar-refractivity contribution in [2.24, 2.45) is 0 Å². The first kappa shape index (κ1) is 18.8. The average molecular weight is 360 g/mol. The molecule has 2 aromatic rings. The average Bonchev–Trinajstić information content (AvgIpc) is 2.55. The van der Waals surface area contributed by atoms with E-state index in [0.717, 1.165) is 5.57 Å². The number of carbonyl (C=O) groups is 1. The highest BCUT2D eigenvalue weighted by Gasteiger charge is 2.35. The molecule has 132 valence electrons. The van der Waals surface area contributed by atoms with Gasteiger partial charge in [-0.25, -0.2) is 0 Å². The summed E-state index contributed by atoms with van der Waals surface area (Å²) >= 11 is 0. The normalized spacial score (nSPS) is 10.8. The van der Waals surface area contributed by atoms with E-state index in [1.807, 2.05) is 6.92 Å². The molecule has 0 atom stereocenters. The van der Waals surface area contributed by atoms with E-state index in [2.05, 4.69) is 6.58 Å². The summed E-state index contributed by atoms with van der Waals surface area (Å²) in [7, 11) is -4.16. The van der Waals surface area contributed by atoms with Gasteiger partial charge in [-0.05, 0) is 44.0 Å². The third-order valence-corrected chi connectivity index (χ3v) is 4.42. The van der Waals surface area contributed by atoms with E-state index < -0.39 is 13.8 Å². The quantitative estimate of drug-likeness (QED) is 0.434. The molecule has 5 nitrogen and oxygen atoms in total. The maximum atomic E-state index is 13.0. The van der Waals surface area contributed by atoms with Crippen molar-refractivity contribution >= 4 is 13.8 Å². The second-order valence-corrected chi connectivity index (χ2v) is 6.97. The second kappa shape index (κ2) is 9.09. The van der Waals surface area contributed by atoms with Crippen LogP contribution in [0.2, 0.25) is 0 Å². The molecule has 0 amide bonds. The molecule has 0 aliphatic carbocycles. The van der Waals surface area contributed by atoms with Crippen molar-refractivity contribution in [3.05, 3.63) is 72.8 Å². The number of allylic oxidation sites excluding steroid dienone is 1. The number of para-hydroxylation sites is 2. The summed E-state index contributed by atoms with van der Waals surface area (Å²) < 4.78 is 28.8. The van der Waals surface area contributed by atoms with Crippen LogP contribution in [0.5, 0.6) is 11.5 Å². The number of carbonyl (C=O) groups excluding carboxylic acids is 1. The van der Waals surface area contributed by atoms with Gasteiger partial charge >= 0.3 is 13.8 Å². The number of hydrogen-bond acceptors (Lipinski definition) is 5. The lowest BCUT2D eigenvalue weighted by Gasteiger charge is -2.18. The number of rotatable bonds is 9. The highest BCUT2D eigenvalue weighted by molar-refractivity contribution is 7.50. The molecule has 0 fully saturated rings. The summed E-state index contributed by atoms with van der Waals surface area (Å²) in [5.41, 5.74) is 0.969. The Bertz CT molecular complexity index is 697. The van der Waals surface area contributed by atoms with Crippen molar-refractivity contribution in [1.29, 1.82) is 0 Å². The molecule has 0 heterocycles. The van der Waals surface area contributed by atoms with Crippen LogP contribution in [0.1, 0.15) is 26.2 Å². The van der Waals surface area contributed by atoms with Crippen LogP contribution in [0.25, 0.3) is 0 Å². The van der Waals surface area contributed by atoms with E-state index in [-0.39, 0.29) is 17.9 Å². The fourth-order valence-electron chi connectivity index (χ4n) is 1.98. The van der Waals surface area contributed by atoms with Crippen LogP contribution < -0.4 is 9.05 Å². The summed E-state index contributed by atoms with van der Waals surface area (Å²) in [6.07, 6.45) is 1.36. The monoisotopic (exact) mass is 360 g/mol. The molecule has 0 unspecified atom stereocenters. The van der Waals surface area contributed by atoms with E-state index >= 15 is 0 Å². The Morgan fingerprint density at radius 1 is 0.920 bits per heavy atom. The van der Waals surface area contributed by atoms with E-state index in [0.29, 0.717) is 12.8 Å². The van der Waals surface area contributed by atoms with Crippen molar-refractivity contribution in [2.75, 3.05) is 0 Å². The summed E-state index contributed by atoms with van der Waals surface area (Å²) in [5, 5.41) is 0. The van der Waals surface area contributed by atoms with Gasteiger partial charge in [0.25, 0.3) is 0 Å². The number of hydrogen-bond donors (Lipinski definition) is 0. The first-order valence-electron chi connectivity index (χ1n) is 7.93. The fourth-order valence-corrected chi connectivity index (χ4v) is 3.19. The highest BCUT2D eigenvalue weighted by Crippen LogP contribution is 2.49. The third kappa shape index (κ3) is 6.86. The Morgan fingerprint density at radius 2 is 1.40 bits per heavy atom. The van der Waals surface area contributed by atoms with E-state index in [4.69, 9.17) is 13.6 Å². The second-order valence-electron chi connectivity index (χ2n) is 5.53. The standard InChI is InChI=1S/C19H21O5P/c1-16(2)10-9-15-19(20)24-25(21,22-17-11-5-3-6-12-17)23-18-13-7-4-8-14-18/h3-8,11-14H,1,9-10,15H2,2H3. The smallest absolute Gasteiger partial charge is 0.386 e. The minimum atomic E-state index is -4.16. The van der Waals surface area contributed by atoms with E-state index in [1.165, 1.54) is 0 Å². The van der Waals surface area contributed by atoms with Gasteiger partial charge in [0.1, 0.15) is 11.5 Å². The van der Waals surface area contributed by atoms with Crippen LogP contribution in [0.3, 0.4) is 0 Å². The van der Waals surface area contributed by atoms with Gasteiger partial charge in [0, 0.05) is 6.42 Å². The lowest BCUT2D eigenvalue weighted by atomic mass is 10.1. The van der Waals surface area contributed by atoms with Crippen LogP contribution in [-0.4, -0.2) is 5.97 Å². The first-order chi connectivity index (χ1) is 12.0. The molecule has 0 spiro atoms. The Balaban J connectivity index is 2.09. The van der Waals surface area contributed by atoms with Gasteiger partial charge in [0.15, 0.2) is 0 Å². The molecule has 2 aromatic carbocycles. The van der Waals surface area contributed by atoms with Crippen LogP contribution >= 0.6 is 7.82 Å². The largest absolute Gasteiger partial charge is 0.649 e. The molecule has 2 rings (SSSR count). The van der Waals surface area contributed by atoms with Gasteiger partial charge in [-0.15, -0.1) is 6.58 Å². The zero-order valence-electron chi connectivity index (χ0n) is 14.1. The molecular formula is C19H21O5P. The molecule has 0 radical (unpaired) electrons. The fraction of sp³-hybridized carbons (Fsp3) is 0.211. The van der Waals surface area contributed by atoms with Crippen molar-refractivity contribution < 1.29 is 22.9 Å². The van der Waals surface area contributed by atoms with Crippen molar-refractivity contribution in [3.8, 4) is 11.5 Å². The molecule has 0 bridgehead atoms. The summed E-state index contributed by atoms with van der Waals surface area (Å²) in [4.78, 5) is 12.0. The molecular weight excluding hydrogens is 339 g/mol. The van der Waals surface area contributed by atoms with Gasteiger partial charge in [0.2, 0.25) is 0 Å². The zero-order chi connectivity index (χ0) is 18.1. The maximum Gasteiger partial charge on any atom is 0.649 e. The topological polar surface area (TPSA) is 61.8 Å². The Morgan fingerprint density at radius 3 is 1.84 bits per heavy atom. The van der Waals surface area contributed by atoms with Crippen LogP contribution in [0.4, 0.5) is 0 Å². The van der Waals surface area contributed by atoms with E-state index in [1.54, 1.807) is 60.7 Å². The van der Waals surface area contributed by atoms with Gasteiger partial charge in [-0.1, -0.05) is 42.0 Å². The number of phosphoric ester groups is 1. The van der Waals surface area contributed by atoms with Gasteiger partial charge < -0.3 is 13.6 Å². The summed E-state index contributed by atoms with van der Waals surface area (Å²) in [6, 6.07) is 16.9. The molecule has 0 aliphatic heterocycles. The van der Waals surface area contributed by atoms with E-state index in [9.17, 15) is 9.36 Å². The molecule has 0 saturated carbocycles. The Labute approximate surface area is 147 Å². The predicted molar refractivity (Wildman–Crippen MR) is 96.5 cm³/mol. The van der Waals surface area contributed by atoms with Gasteiger partial charge in [0.05, 0.1) is 0 Å². The van der Waals surface area contributed by atoms with Crippen molar-refractivity contribution in [3.63, 3.8) is 0 Å². The molecule has 0 N–H and O–H groups in total. The molecule has 25 heavy (non-hydrogen) atoms. The minimum absolute atomic E-state index is 0.104. The van der Waals surface area contributed by atoms with Gasteiger partial charge in [-0.2, -0.15) is 4.57 Å². The lowest BCUT2D eigenvalue weighted by molar-refractivity contribution is -0.135. The van der Waals surface area contributed by atoms with Crippen molar-refractivity contribution in [1.82, 2.24) is 0 Å². The van der Waals surface area contributed by atoms with Crippen molar-refractivity contribution in [2.45, 2.75) is 26.2 Å². The third-order valence-electron chi connectivity index (χ3n) is 3.12.